The first-order valence-electron chi connectivity index (χ1n) is 5.86. The first-order valence-corrected chi connectivity index (χ1v) is 5.86. The topological polar surface area (TPSA) is 24.1 Å². The summed E-state index contributed by atoms with van der Waals surface area (Å²) in [5, 5.41) is 7.24. The summed E-state index contributed by atoms with van der Waals surface area (Å²) in [6.45, 7) is 6.52. The van der Waals surface area contributed by atoms with Crippen molar-refractivity contribution in [1.82, 2.24) is 5.32 Å². The highest BCUT2D eigenvalue weighted by Crippen LogP contribution is 2.24. The molecule has 0 spiro atoms. The lowest BCUT2D eigenvalue weighted by atomic mass is 9.93. The largest absolute Gasteiger partial charge is 0.383 e. The van der Waals surface area contributed by atoms with Gasteiger partial charge in [-0.05, 0) is 24.5 Å². The summed E-state index contributed by atoms with van der Waals surface area (Å²) in [7, 11) is 0. The molecule has 2 N–H and O–H groups in total. The van der Waals surface area contributed by atoms with E-state index < -0.39 is 0 Å². The Balaban J connectivity index is 2.21. The van der Waals surface area contributed by atoms with E-state index in [4.69, 9.17) is 0 Å². The van der Waals surface area contributed by atoms with E-state index >= 15 is 0 Å². The molecule has 2 heteroatoms. The van der Waals surface area contributed by atoms with Crippen LogP contribution in [-0.4, -0.2) is 12.1 Å². The van der Waals surface area contributed by atoms with Gasteiger partial charge in [0.05, 0.1) is 0 Å². The summed E-state index contributed by atoms with van der Waals surface area (Å²) >= 11 is 0. The number of hydrogen-bond donors (Lipinski definition) is 2. The highest BCUT2D eigenvalue weighted by molar-refractivity contribution is 5.52. The predicted octanol–water partition coefficient (Wildman–Crippen LogP) is 2.76. The van der Waals surface area contributed by atoms with Gasteiger partial charge in [0.1, 0.15) is 0 Å². The number of nitrogens with one attached hydrogen (secondary N) is 2. The number of anilines is 1. The van der Waals surface area contributed by atoms with Crippen LogP contribution in [0.3, 0.4) is 0 Å². The number of para-hydroxylation sites is 1. The average Bonchev–Trinajstić information content (AvgIpc) is 2.49. The smallest absolute Gasteiger partial charge is 0.0386 e. The lowest BCUT2D eigenvalue weighted by Gasteiger charge is -2.31. The van der Waals surface area contributed by atoms with Crippen LogP contribution < -0.4 is 10.6 Å². The van der Waals surface area contributed by atoms with Gasteiger partial charge in [0.15, 0.2) is 0 Å². The van der Waals surface area contributed by atoms with Gasteiger partial charge in [-0.15, -0.1) is 0 Å². The molecule has 0 bridgehead atoms. The molecule has 0 radical (unpaired) electrons. The minimum Gasteiger partial charge on any atom is -0.383 e. The Bertz CT molecular complexity index is 300. The molecule has 15 heavy (non-hydrogen) atoms. The molecule has 0 amide bonds. The van der Waals surface area contributed by atoms with E-state index in [1.54, 1.807) is 0 Å². The second kappa shape index (κ2) is 4.23. The summed E-state index contributed by atoms with van der Waals surface area (Å²) in [6.07, 6.45) is 2.34. The van der Waals surface area contributed by atoms with Crippen LogP contribution in [0.2, 0.25) is 0 Å². The molecule has 0 aromatic heterocycles. The molecule has 2 rings (SSSR count). The molecule has 82 valence electrons. The summed E-state index contributed by atoms with van der Waals surface area (Å²) in [6, 6.07) is 8.55. The minimum atomic E-state index is 0.263. The molecule has 1 aromatic rings. The monoisotopic (exact) mass is 204 g/mol. The molecule has 0 atom stereocenters. The van der Waals surface area contributed by atoms with Crippen molar-refractivity contribution in [2.45, 2.75) is 38.8 Å². The van der Waals surface area contributed by atoms with Crippen LogP contribution in [0.5, 0.6) is 0 Å². The Kier molecular flexibility index (Phi) is 2.96. The molecule has 1 aliphatic rings. The van der Waals surface area contributed by atoms with Crippen LogP contribution in [0.1, 0.15) is 32.3 Å². The third kappa shape index (κ3) is 2.00. The molecule has 0 fully saturated rings. The van der Waals surface area contributed by atoms with Crippen molar-refractivity contribution in [2.75, 3.05) is 11.9 Å². The average molecular weight is 204 g/mol. The third-order valence-electron chi connectivity index (χ3n) is 3.64. The van der Waals surface area contributed by atoms with Gasteiger partial charge >= 0.3 is 0 Å². The first kappa shape index (κ1) is 10.5. The summed E-state index contributed by atoms with van der Waals surface area (Å²) < 4.78 is 0. The number of hydrogen-bond acceptors (Lipinski definition) is 2. The van der Waals surface area contributed by atoms with Crippen molar-refractivity contribution in [1.29, 1.82) is 0 Å². The number of rotatable bonds is 2. The summed E-state index contributed by atoms with van der Waals surface area (Å²) in [4.78, 5) is 0. The standard InChI is InChI=1S/C13H20N2/c1-3-13(4-2)10-14-12-8-6-5-7-11(12)9-15-13/h5-8,14-15H,3-4,9-10H2,1-2H3. The summed E-state index contributed by atoms with van der Waals surface area (Å²) in [5.41, 5.74) is 2.93. The van der Waals surface area contributed by atoms with Crippen molar-refractivity contribution < 1.29 is 0 Å². The van der Waals surface area contributed by atoms with Gasteiger partial charge in [-0.3, -0.25) is 0 Å². The Hall–Kier alpha value is -1.02. The molecule has 0 saturated heterocycles. The van der Waals surface area contributed by atoms with E-state index in [-0.39, 0.29) is 5.54 Å². The Morgan fingerprint density at radius 2 is 1.93 bits per heavy atom. The maximum atomic E-state index is 3.69. The Morgan fingerprint density at radius 3 is 2.67 bits per heavy atom. The van der Waals surface area contributed by atoms with E-state index in [0.29, 0.717) is 0 Å². The van der Waals surface area contributed by atoms with Crippen LogP contribution >= 0.6 is 0 Å². The maximum Gasteiger partial charge on any atom is 0.0386 e. The molecule has 1 aromatic carbocycles. The fourth-order valence-electron chi connectivity index (χ4n) is 2.21. The molecule has 0 aliphatic carbocycles. The van der Waals surface area contributed by atoms with Crippen LogP contribution in [0.25, 0.3) is 0 Å². The lowest BCUT2D eigenvalue weighted by Crippen LogP contribution is -2.47. The van der Waals surface area contributed by atoms with Crippen LogP contribution in [0.4, 0.5) is 5.69 Å². The van der Waals surface area contributed by atoms with E-state index in [1.807, 2.05) is 0 Å². The zero-order valence-electron chi connectivity index (χ0n) is 9.64. The highest BCUT2D eigenvalue weighted by atomic mass is 15.1. The third-order valence-corrected chi connectivity index (χ3v) is 3.64. The molecule has 0 saturated carbocycles. The Morgan fingerprint density at radius 1 is 1.20 bits per heavy atom. The molecule has 1 heterocycles. The van der Waals surface area contributed by atoms with E-state index in [2.05, 4.69) is 48.7 Å². The predicted molar refractivity (Wildman–Crippen MR) is 65.1 cm³/mol. The molecular weight excluding hydrogens is 184 g/mol. The van der Waals surface area contributed by atoms with Crippen molar-refractivity contribution in [3.8, 4) is 0 Å². The van der Waals surface area contributed by atoms with Gasteiger partial charge in [-0.25, -0.2) is 0 Å². The molecule has 2 nitrogen and oxygen atoms in total. The van der Waals surface area contributed by atoms with Gasteiger partial charge in [-0.1, -0.05) is 32.0 Å². The summed E-state index contributed by atoms with van der Waals surface area (Å²) in [5.74, 6) is 0. The Labute approximate surface area is 92.1 Å². The second-order valence-electron chi connectivity index (χ2n) is 4.35. The van der Waals surface area contributed by atoms with Crippen LogP contribution in [0.15, 0.2) is 24.3 Å². The normalized spacial score (nSPS) is 18.8. The lowest BCUT2D eigenvalue weighted by molar-refractivity contribution is 0.321. The van der Waals surface area contributed by atoms with Crippen LogP contribution in [0, 0.1) is 0 Å². The van der Waals surface area contributed by atoms with Crippen molar-refractivity contribution in [3.63, 3.8) is 0 Å². The highest BCUT2D eigenvalue weighted by Gasteiger charge is 2.27. The van der Waals surface area contributed by atoms with E-state index in [0.717, 1.165) is 13.1 Å². The van der Waals surface area contributed by atoms with Crippen LogP contribution in [-0.2, 0) is 6.54 Å². The van der Waals surface area contributed by atoms with Crippen molar-refractivity contribution in [2.24, 2.45) is 0 Å². The van der Waals surface area contributed by atoms with Gasteiger partial charge < -0.3 is 10.6 Å². The maximum absolute atomic E-state index is 3.69. The molecule has 0 unspecified atom stereocenters. The van der Waals surface area contributed by atoms with Gasteiger partial charge in [-0.2, -0.15) is 0 Å². The molecule has 1 aliphatic heterocycles. The fraction of sp³-hybridized carbons (Fsp3) is 0.538. The van der Waals surface area contributed by atoms with Gasteiger partial charge in [0.2, 0.25) is 0 Å². The molecular formula is C13H20N2. The van der Waals surface area contributed by atoms with Gasteiger partial charge in [0.25, 0.3) is 0 Å². The van der Waals surface area contributed by atoms with E-state index in [9.17, 15) is 0 Å². The second-order valence-corrected chi connectivity index (χ2v) is 4.35. The van der Waals surface area contributed by atoms with Crippen molar-refractivity contribution in [3.05, 3.63) is 29.8 Å². The van der Waals surface area contributed by atoms with Gasteiger partial charge in [0, 0.05) is 24.3 Å². The zero-order valence-corrected chi connectivity index (χ0v) is 9.64. The van der Waals surface area contributed by atoms with E-state index in [1.165, 1.54) is 24.1 Å². The van der Waals surface area contributed by atoms with Crippen molar-refractivity contribution >= 4 is 5.69 Å². The minimum absolute atomic E-state index is 0.263. The SMILES string of the molecule is CCC1(CC)CNc2ccccc2CN1. The zero-order chi connectivity index (χ0) is 10.7. The fourth-order valence-corrected chi connectivity index (χ4v) is 2.21. The quantitative estimate of drug-likeness (QED) is 0.774. The number of fused-ring (bicyclic) bond motifs is 1. The number of benzene rings is 1. The first-order chi connectivity index (χ1) is 7.29.